The summed E-state index contributed by atoms with van der Waals surface area (Å²) in [6, 6.07) is 4.24. The number of benzene rings is 1. The monoisotopic (exact) mass is 328 g/mol. The number of nitrogens with zero attached hydrogens (tertiary/aromatic N) is 1. The van der Waals surface area contributed by atoms with Crippen LogP contribution in [0.2, 0.25) is 0 Å². The van der Waals surface area contributed by atoms with Gasteiger partial charge < -0.3 is 20.5 Å². The normalized spacial score (nSPS) is 19.2. The highest BCUT2D eigenvalue weighted by molar-refractivity contribution is 9.10. The largest absolute Gasteiger partial charge is 0.480 e. The van der Waals surface area contributed by atoms with E-state index in [9.17, 15) is 14.7 Å². The summed E-state index contributed by atoms with van der Waals surface area (Å²) in [4.78, 5) is 24.1. The molecular formula is C12H13BrN2O4. The highest BCUT2D eigenvalue weighted by atomic mass is 79.9. The molecule has 7 heteroatoms. The lowest BCUT2D eigenvalue weighted by atomic mass is 10.1. The van der Waals surface area contributed by atoms with E-state index >= 15 is 0 Å². The van der Waals surface area contributed by atoms with Gasteiger partial charge in [0.1, 0.15) is 0 Å². The molecule has 0 radical (unpaired) electrons. The Labute approximate surface area is 118 Å². The van der Waals surface area contributed by atoms with E-state index in [2.05, 4.69) is 15.9 Å². The highest BCUT2D eigenvalue weighted by Crippen LogP contribution is 2.26. The molecule has 1 aromatic carbocycles. The zero-order valence-corrected chi connectivity index (χ0v) is 11.6. The summed E-state index contributed by atoms with van der Waals surface area (Å²) >= 11 is 3.27. The fraction of sp³-hybridized carbons (Fsp3) is 0.333. The summed E-state index contributed by atoms with van der Waals surface area (Å²) < 4.78 is 5.73. The topological polar surface area (TPSA) is 92.9 Å². The third-order valence-electron chi connectivity index (χ3n) is 2.96. The number of aliphatic carboxylic acids is 1. The van der Waals surface area contributed by atoms with Crippen molar-refractivity contribution in [3.63, 3.8) is 0 Å². The van der Waals surface area contributed by atoms with Crippen LogP contribution >= 0.6 is 15.9 Å². The molecule has 1 aliphatic heterocycles. The van der Waals surface area contributed by atoms with Gasteiger partial charge in [-0.1, -0.05) is 0 Å². The molecule has 1 fully saturated rings. The van der Waals surface area contributed by atoms with Gasteiger partial charge in [0.05, 0.1) is 18.8 Å². The minimum Gasteiger partial charge on any atom is -0.480 e. The summed E-state index contributed by atoms with van der Waals surface area (Å²) in [6.45, 7) is 1.10. The third kappa shape index (κ3) is 2.87. The SMILES string of the molecule is NC(=O)c1ccc(N2CCOCC2C(=O)O)cc1Br. The first kappa shape index (κ1) is 13.8. The van der Waals surface area contributed by atoms with Crippen LogP contribution in [0.1, 0.15) is 10.4 Å². The molecule has 1 amide bonds. The number of carbonyl (C=O) groups excluding carboxylic acids is 1. The van der Waals surface area contributed by atoms with Crippen LogP contribution in [-0.2, 0) is 9.53 Å². The molecule has 6 nitrogen and oxygen atoms in total. The molecule has 1 aliphatic rings. The van der Waals surface area contributed by atoms with Crippen LogP contribution in [0, 0.1) is 0 Å². The van der Waals surface area contributed by atoms with E-state index in [-0.39, 0.29) is 6.61 Å². The predicted molar refractivity (Wildman–Crippen MR) is 72.2 cm³/mol. The molecule has 0 aromatic heterocycles. The quantitative estimate of drug-likeness (QED) is 0.857. The minimum atomic E-state index is -0.935. The summed E-state index contributed by atoms with van der Waals surface area (Å²) in [6.07, 6.45) is 0. The Morgan fingerprint density at radius 2 is 2.21 bits per heavy atom. The second-order valence-electron chi connectivity index (χ2n) is 4.15. The number of morpholine rings is 1. The van der Waals surface area contributed by atoms with Gasteiger partial charge in [0.25, 0.3) is 0 Å². The fourth-order valence-corrected chi connectivity index (χ4v) is 2.56. The van der Waals surface area contributed by atoms with Crippen molar-refractivity contribution in [1.29, 1.82) is 0 Å². The van der Waals surface area contributed by atoms with Crippen molar-refractivity contribution in [1.82, 2.24) is 0 Å². The second kappa shape index (κ2) is 5.58. The van der Waals surface area contributed by atoms with Gasteiger partial charge in [0.15, 0.2) is 6.04 Å². The Hall–Kier alpha value is -1.60. The number of amides is 1. The van der Waals surface area contributed by atoms with Gasteiger partial charge >= 0.3 is 5.97 Å². The molecule has 1 saturated heterocycles. The molecule has 2 rings (SSSR count). The smallest absolute Gasteiger partial charge is 0.328 e. The van der Waals surface area contributed by atoms with Crippen molar-refractivity contribution in [2.24, 2.45) is 5.73 Å². The van der Waals surface area contributed by atoms with Crippen LogP contribution in [-0.4, -0.2) is 42.8 Å². The Morgan fingerprint density at radius 3 is 2.79 bits per heavy atom. The number of rotatable bonds is 3. The van der Waals surface area contributed by atoms with Gasteiger partial charge in [0, 0.05) is 16.7 Å². The third-order valence-corrected chi connectivity index (χ3v) is 3.62. The molecule has 19 heavy (non-hydrogen) atoms. The van der Waals surface area contributed by atoms with E-state index in [0.29, 0.717) is 28.9 Å². The molecule has 1 aromatic rings. The number of anilines is 1. The van der Waals surface area contributed by atoms with E-state index < -0.39 is 17.9 Å². The maximum absolute atomic E-state index is 11.2. The average Bonchev–Trinajstić information content (AvgIpc) is 2.38. The Bertz CT molecular complexity index is 520. The second-order valence-corrected chi connectivity index (χ2v) is 5.01. The zero-order chi connectivity index (χ0) is 14.0. The molecule has 3 N–H and O–H groups in total. The van der Waals surface area contributed by atoms with Gasteiger partial charge in [-0.2, -0.15) is 0 Å². The predicted octanol–water partition coefficient (Wildman–Crippen LogP) is 0.838. The van der Waals surface area contributed by atoms with Crippen molar-refractivity contribution in [2.75, 3.05) is 24.7 Å². The first-order chi connectivity index (χ1) is 9.00. The number of halogens is 1. The number of carboxylic acid groups (broad SMARTS) is 1. The van der Waals surface area contributed by atoms with E-state index in [4.69, 9.17) is 10.5 Å². The molecule has 0 aliphatic carbocycles. The van der Waals surface area contributed by atoms with E-state index in [0.717, 1.165) is 0 Å². The standard InChI is InChI=1S/C12H13BrN2O4/c13-9-5-7(1-2-8(9)11(14)16)15-3-4-19-6-10(15)12(17)18/h1-2,5,10H,3-4,6H2,(H2,14,16)(H,17,18). The van der Waals surface area contributed by atoms with Crippen LogP contribution in [0.5, 0.6) is 0 Å². The van der Waals surface area contributed by atoms with Gasteiger partial charge in [-0.25, -0.2) is 4.79 Å². The van der Waals surface area contributed by atoms with E-state index in [1.807, 2.05) is 0 Å². The molecule has 1 atom stereocenters. The summed E-state index contributed by atoms with van der Waals surface area (Å²) in [7, 11) is 0. The van der Waals surface area contributed by atoms with Crippen LogP contribution in [0.15, 0.2) is 22.7 Å². The molecule has 1 unspecified atom stereocenters. The summed E-state index contributed by atoms with van der Waals surface area (Å²) in [5.41, 5.74) is 6.30. The van der Waals surface area contributed by atoms with Crippen LogP contribution in [0.4, 0.5) is 5.69 Å². The molecule has 102 valence electrons. The van der Waals surface area contributed by atoms with Gasteiger partial charge in [-0.15, -0.1) is 0 Å². The maximum atomic E-state index is 11.2. The van der Waals surface area contributed by atoms with Crippen LogP contribution in [0.25, 0.3) is 0 Å². The highest BCUT2D eigenvalue weighted by Gasteiger charge is 2.29. The molecular weight excluding hydrogens is 316 g/mol. The zero-order valence-electron chi connectivity index (χ0n) is 10.0. The number of primary amides is 1. The summed E-state index contributed by atoms with van der Waals surface area (Å²) in [5, 5.41) is 9.17. The van der Waals surface area contributed by atoms with Crippen molar-refractivity contribution in [3.05, 3.63) is 28.2 Å². The van der Waals surface area contributed by atoms with Crippen molar-refractivity contribution in [3.8, 4) is 0 Å². The number of hydrogen-bond donors (Lipinski definition) is 2. The first-order valence-electron chi connectivity index (χ1n) is 5.67. The van der Waals surface area contributed by atoms with Crippen molar-refractivity contribution in [2.45, 2.75) is 6.04 Å². The first-order valence-corrected chi connectivity index (χ1v) is 6.46. The summed E-state index contributed by atoms with van der Waals surface area (Å²) in [5.74, 6) is -1.47. The number of hydrogen-bond acceptors (Lipinski definition) is 4. The number of carboxylic acids is 1. The molecule has 1 heterocycles. The van der Waals surface area contributed by atoms with Gasteiger partial charge in [0.2, 0.25) is 5.91 Å². The minimum absolute atomic E-state index is 0.143. The van der Waals surface area contributed by atoms with Gasteiger partial charge in [-0.3, -0.25) is 4.79 Å². The average molecular weight is 329 g/mol. The lowest BCUT2D eigenvalue weighted by Gasteiger charge is -2.34. The van der Waals surface area contributed by atoms with Crippen molar-refractivity contribution < 1.29 is 19.4 Å². The lowest BCUT2D eigenvalue weighted by molar-refractivity contribution is -0.141. The van der Waals surface area contributed by atoms with Crippen molar-refractivity contribution >= 4 is 33.5 Å². The Morgan fingerprint density at radius 1 is 1.47 bits per heavy atom. The van der Waals surface area contributed by atoms with E-state index in [1.54, 1.807) is 23.1 Å². The number of nitrogens with two attached hydrogens (primary N) is 1. The van der Waals surface area contributed by atoms with Gasteiger partial charge in [-0.05, 0) is 34.1 Å². The maximum Gasteiger partial charge on any atom is 0.328 e. The van der Waals surface area contributed by atoms with Crippen LogP contribution < -0.4 is 10.6 Å². The molecule has 0 spiro atoms. The lowest BCUT2D eigenvalue weighted by Crippen LogP contribution is -2.50. The Kier molecular flexibility index (Phi) is 4.06. The van der Waals surface area contributed by atoms with Crippen LogP contribution in [0.3, 0.4) is 0 Å². The molecule has 0 saturated carbocycles. The number of carbonyl (C=O) groups is 2. The fourth-order valence-electron chi connectivity index (χ4n) is 2.00. The Balaban J connectivity index is 2.32. The number of ether oxygens (including phenoxy) is 1. The van der Waals surface area contributed by atoms with E-state index in [1.165, 1.54) is 0 Å². The molecule has 0 bridgehead atoms.